The van der Waals surface area contributed by atoms with Gasteiger partial charge in [-0.3, -0.25) is 0 Å². The Labute approximate surface area is 159 Å². The first-order chi connectivity index (χ1) is 12.5. The van der Waals surface area contributed by atoms with Gasteiger partial charge in [-0.15, -0.1) is 0 Å². The molecule has 0 aromatic heterocycles. The average molecular weight is 375 g/mol. The molecule has 0 bridgehead atoms. The Morgan fingerprint density at radius 1 is 1.42 bits per heavy atom. The van der Waals surface area contributed by atoms with Crippen molar-refractivity contribution in [1.29, 1.82) is 0 Å². The van der Waals surface area contributed by atoms with Crippen LogP contribution in [0.1, 0.15) is 46.3 Å². The number of nitrogens with one attached hydrogen (secondary N) is 1. The molecule has 2 aliphatic rings. The van der Waals surface area contributed by atoms with Gasteiger partial charge in [0, 0.05) is 24.1 Å². The third kappa shape index (κ3) is 3.18. The normalized spacial score (nSPS) is 20.1. The van der Waals surface area contributed by atoms with E-state index >= 15 is 0 Å². The molecule has 140 valence electrons. The van der Waals surface area contributed by atoms with E-state index in [4.69, 9.17) is 26.4 Å². The number of rotatable bonds is 5. The number of methoxy groups -OCH3 is 2. The van der Waals surface area contributed by atoms with E-state index in [0.717, 1.165) is 47.4 Å². The molecule has 1 aliphatic carbocycles. The number of carbonyl (C=O) groups is 1. The third-order valence-corrected chi connectivity index (χ3v) is 5.88. The molecule has 1 unspecified atom stereocenters. The van der Waals surface area contributed by atoms with Crippen LogP contribution in [0, 0.1) is 12.8 Å². The number of benzene rings is 1. The standard InChI is InChI=1S/C20H25NO4S/c1-11-15-10-25-19(22)16(15)17(21-2)14(18(11)23-3)8-6-12-5-7-13(9-12)20(26)24-4/h6,13,21H,5,7-10H2,1-4H3/b12-6+. The molecule has 0 saturated heterocycles. The Morgan fingerprint density at radius 3 is 2.85 bits per heavy atom. The highest BCUT2D eigenvalue weighted by Crippen LogP contribution is 2.41. The zero-order valence-corrected chi connectivity index (χ0v) is 16.5. The lowest BCUT2D eigenvalue weighted by Crippen LogP contribution is -2.09. The molecule has 1 aromatic rings. The Bertz CT molecular complexity index is 785. The maximum absolute atomic E-state index is 12.2. The summed E-state index contributed by atoms with van der Waals surface area (Å²) in [5, 5.41) is 3.88. The van der Waals surface area contributed by atoms with Crippen LogP contribution in [0.3, 0.4) is 0 Å². The molecule has 6 heteroatoms. The predicted molar refractivity (Wildman–Crippen MR) is 105 cm³/mol. The van der Waals surface area contributed by atoms with E-state index in [2.05, 4.69) is 11.4 Å². The molecular weight excluding hydrogens is 350 g/mol. The second-order valence-corrected chi connectivity index (χ2v) is 7.12. The van der Waals surface area contributed by atoms with Gasteiger partial charge in [0.15, 0.2) is 5.05 Å². The van der Waals surface area contributed by atoms with Gasteiger partial charge < -0.3 is 19.5 Å². The summed E-state index contributed by atoms with van der Waals surface area (Å²) >= 11 is 5.28. The number of anilines is 1. The first-order valence-corrected chi connectivity index (χ1v) is 9.25. The van der Waals surface area contributed by atoms with Crippen molar-refractivity contribution in [2.75, 3.05) is 26.6 Å². The van der Waals surface area contributed by atoms with Crippen LogP contribution in [0.15, 0.2) is 11.6 Å². The van der Waals surface area contributed by atoms with E-state index in [1.165, 1.54) is 5.57 Å². The van der Waals surface area contributed by atoms with Crippen molar-refractivity contribution in [2.24, 2.45) is 5.92 Å². The van der Waals surface area contributed by atoms with Gasteiger partial charge in [-0.25, -0.2) is 4.79 Å². The van der Waals surface area contributed by atoms with Crippen molar-refractivity contribution in [3.8, 4) is 5.75 Å². The number of cyclic esters (lactones) is 1. The molecule has 5 nitrogen and oxygen atoms in total. The number of hydrogen-bond acceptors (Lipinski definition) is 6. The number of esters is 1. The highest BCUT2D eigenvalue weighted by Gasteiger charge is 2.31. The molecular formula is C20H25NO4S. The zero-order chi connectivity index (χ0) is 18.8. The molecule has 0 amide bonds. The van der Waals surface area contributed by atoms with Crippen molar-refractivity contribution in [1.82, 2.24) is 0 Å². The fraction of sp³-hybridized carbons (Fsp3) is 0.500. The molecule has 1 aliphatic heterocycles. The number of fused-ring (bicyclic) bond motifs is 1. The molecule has 26 heavy (non-hydrogen) atoms. The van der Waals surface area contributed by atoms with E-state index in [1.807, 2.05) is 14.0 Å². The Balaban J connectivity index is 1.94. The topological polar surface area (TPSA) is 56.8 Å². The molecule has 0 radical (unpaired) electrons. The van der Waals surface area contributed by atoms with Crippen LogP contribution in [0.4, 0.5) is 5.69 Å². The van der Waals surface area contributed by atoms with Gasteiger partial charge >= 0.3 is 5.97 Å². The fourth-order valence-electron chi connectivity index (χ4n) is 4.01. The van der Waals surface area contributed by atoms with Crippen LogP contribution in [-0.4, -0.2) is 32.3 Å². The van der Waals surface area contributed by atoms with Crippen molar-refractivity contribution in [3.05, 3.63) is 33.9 Å². The average Bonchev–Trinajstić information content (AvgIpc) is 3.27. The largest absolute Gasteiger partial charge is 0.496 e. The van der Waals surface area contributed by atoms with Crippen LogP contribution in [0.25, 0.3) is 0 Å². The maximum atomic E-state index is 12.2. The monoisotopic (exact) mass is 375 g/mol. The minimum atomic E-state index is -0.268. The van der Waals surface area contributed by atoms with Crippen molar-refractivity contribution in [3.63, 3.8) is 0 Å². The van der Waals surface area contributed by atoms with Gasteiger partial charge in [0.2, 0.25) is 0 Å². The highest BCUT2D eigenvalue weighted by atomic mass is 32.1. The minimum Gasteiger partial charge on any atom is -0.496 e. The summed E-state index contributed by atoms with van der Waals surface area (Å²) in [6, 6.07) is 0. The molecule has 1 heterocycles. The summed E-state index contributed by atoms with van der Waals surface area (Å²) in [6.45, 7) is 2.29. The second kappa shape index (κ2) is 7.66. The molecule has 1 saturated carbocycles. The minimum absolute atomic E-state index is 0.268. The van der Waals surface area contributed by atoms with E-state index in [1.54, 1.807) is 14.2 Å². The van der Waals surface area contributed by atoms with Gasteiger partial charge in [-0.2, -0.15) is 0 Å². The van der Waals surface area contributed by atoms with Crippen LogP contribution in [-0.2, 0) is 22.5 Å². The van der Waals surface area contributed by atoms with E-state index in [0.29, 0.717) is 29.6 Å². The predicted octanol–water partition coefficient (Wildman–Crippen LogP) is 3.96. The first kappa shape index (κ1) is 18.7. The summed E-state index contributed by atoms with van der Waals surface area (Å²) in [5.41, 5.74) is 5.71. The van der Waals surface area contributed by atoms with Gasteiger partial charge in [0.05, 0.1) is 25.5 Å². The van der Waals surface area contributed by atoms with Crippen LogP contribution >= 0.6 is 12.2 Å². The number of carbonyl (C=O) groups excluding carboxylic acids is 1. The van der Waals surface area contributed by atoms with E-state index in [9.17, 15) is 4.79 Å². The van der Waals surface area contributed by atoms with E-state index < -0.39 is 0 Å². The number of thiocarbonyl (C=S) groups is 1. The first-order valence-electron chi connectivity index (χ1n) is 8.84. The molecule has 1 aromatic carbocycles. The Kier molecular flexibility index (Phi) is 5.51. The van der Waals surface area contributed by atoms with Gasteiger partial charge in [-0.05, 0) is 50.4 Å². The molecule has 1 N–H and O–H groups in total. The number of ether oxygens (including phenoxy) is 3. The summed E-state index contributed by atoms with van der Waals surface area (Å²) < 4.78 is 16.2. The molecule has 1 fully saturated rings. The van der Waals surface area contributed by atoms with Crippen LogP contribution in [0.2, 0.25) is 0 Å². The van der Waals surface area contributed by atoms with Crippen molar-refractivity contribution >= 4 is 28.9 Å². The van der Waals surface area contributed by atoms with E-state index in [-0.39, 0.29) is 5.97 Å². The SMILES string of the molecule is CNc1c(C/C=C2\CCC(C(=S)OC)C2)c(OC)c(C)c2c1C(=O)OC2. The smallest absolute Gasteiger partial charge is 0.341 e. The maximum Gasteiger partial charge on any atom is 0.341 e. The van der Waals surface area contributed by atoms with Crippen LogP contribution < -0.4 is 10.1 Å². The van der Waals surface area contributed by atoms with Crippen molar-refractivity contribution in [2.45, 2.75) is 39.2 Å². The van der Waals surface area contributed by atoms with Crippen LogP contribution in [0.5, 0.6) is 5.75 Å². The molecule has 0 spiro atoms. The Hall–Kier alpha value is -2.08. The lowest BCUT2D eigenvalue weighted by molar-refractivity contribution is 0.0535. The highest BCUT2D eigenvalue weighted by molar-refractivity contribution is 7.80. The number of allylic oxidation sites excluding steroid dienone is 2. The van der Waals surface area contributed by atoms with Gasteiger partial charge in [0.1, 0.15) is 12.4 Å². The number of hydrogen-bond donors (Lipinski definition) is 1. The summed E-state index contributed by atoms with van der Waals surface area (Å²) in [4.78, 5) is 12.2. The zero-order valence-electron chi connectivity index (χ0n) is 15.7. The summed E-state index contributed by atoms with van der Waals surface area (Å²) in [5.74, 6) is 0.879. The quantitative estimate of drug-likeness (QED) is 0.478. The van der Waals surface area contributed by atoms with Gasteiger partial charge in [-0.1, -0.05) is 11.6 Å². The lowest BCUT2D eigenvalue weighted by atomic mass is 9.93. The third-order valence-electron chi connectivity index (χ3n) is 5.38. The van der Waals surface area contributed by atoms with Crippen molar-refractivity contribution < 1.29 is 19.0 Å². The summed E-state index contributed by atoms with van der Waals surface area (Å²) in [6.07, 6.45) is 5.93. The summed E-state index contributed by atoms with van der Waals surface area (Å²) in [7, 11) is 5.14. The Morgan fingerprint density at radius 2 is 2.19 bits per heavy atom. The lowest BCUT2D eigenvalue weighted by Gasteiger charge is -2.18. The van der Waals surface area contributed by atoms with Gasteiger partial charge in [0.25, 0.3) is 0 Å². The second-order valence-electron chi connectivity index (χ2n) is 6.72. The molecule has 3 rings (SSSR count). The molecule has 1 atom stereocenters. The fourth-order valence-corrected chi connectivity index (χ4v) is 4.21.